The molecular weight excluding hydrogens is 192 g/mol. The number of aromatic amines is 1. The summed E-state index contributed by atoms with van der Waals surface area (Å²) in [5.41, 5.74) is 0.859. The average Bonchev–Trinajstić information content (AvgIpc) is 2.64. The molecule has 0 saturated carbocycles. The predicted molar refractivity (Wildman–Crippen MR) is 57.4 cm³/mol. The van der Waals surface area contributed by atoms with Crippen molar-refractivity contribution < 1.29 is 4.79 Å². The Morgan fingerprint density at radius 2 is 2.27 bits per heavy atom. The van der Waals surface area contributed by atoms with Crippen LogP contribution in [0.1, 0.15) is 13.8 Å². The number of hydrogen-bond acceptors (Lipinski definition) is 3. The maximum absolute atomic E-state index is 11.4. The lowest BCUT2D eigenvalue weighted by atomic mass is 10.2. The second-order valence-corrected chi connectivity index (χ2v) is 3.67. The maximum atomic E-state index is 11.4. The van der Waals surface area contributed by atoms with Crippen LogP contribution in [0.3, 0.4) is 0 Å². The van der Waals surface area contributed by atoms with Gasteiger partial charge in [-0.1, -0.05) is 13.8 Å². The summed E-state index contributed by atoms with van der Waals surface area (Å²) >= 11 is 0. The summed E-state index contributed by atoms with van der Waals surface area (Å²) < 4.78 is 0. The predicted octanol–water partition coefficient (Wildman–Crippen LogP) is 1.55. The minimum atomic E-state index is -0.0492. The van der Waals surface area contributed by atoms with E-state index >= 15 is 0 Å². The topological polar surface area (TPSA) is 70.7 Å². The summed E-state index contributed by atoms with van der Waals surface area (Å²) in [4.78, 5) is 15.5. The minimum absolute atomic E-state index is 0.0367. The van der Waals surface area contributed by atoms with Crippen LogP contribution < -0.4 is 5.32 Å². The zero-order chi connectivity index (χ0) is 10.8. The molecule has 0 fully saturated rings. The van der Waals surface area contributed by atoms with Crippen LogP contribution in [0.5, 0.6) is 0 Å². The van der Waals surface area contributed by atoms with E-state index in [0.29, 0.717) is 5.82 Å². The van der Waals surface area contributed by atoms with Gasteiger partial charge in [-0.2, -0.15) is 5.10 Å². The number of anilines is 1. The van der Waals surface area contributed by atoms with Crippen LogP contribution in [0.4, 0.5) is 5.82 Å². The largest absolute Gasteiger partial charge is 0.310 e. The van der Waals surface area contributed by atoms with E-state index in [1.807, 2.05) is 13.8 Å². The molecule has 0 atom stereocenters. The summed E-state index contributed by atoms with van der Waals surface area (Å²) in [6.07, 6.45) is 3.35. The van der Waals surface area contributed by atoms with Crippen molar-refractivity contribution >= 4 is 22.6 Å². The van der Waals surface area contributed by atoms with E-state index in [1.165, 1.54) is 0 Å². The highest BCUT2D eigenvalue weighted by Gasteiger charge is 2.08. The first-order valence-electron chi connectivity index (χ1n) is 4.77. The fourth-order valence-electron chi connectivity index (χ4n) is 1.18. The number of H-pyrrole nitrogens is 1. The second kappa shape index (κ2) is 3.68. The van der Waals surface area contributed by atoms with Gasteiger partial charge in [-0.3, -0.25) is 9.89 Å². The molecule has 0 spiro atoms. The van der Waals surface area contributed by atoms with E-state index in [-0.39, 0.29) is 11.8 Å². The highest BCUT2D eigenvalue weighted by molar-refractivity contribution is 5.93. The first-order valence-corrected chi connectivity index (χ1v) is 4.77. The molecule has 0 aliphatic rings. The van der Waals surface area contributed by atoms with Crippen LogP contribution in [0.15, 0.2) is 18.5 Å². The molecule has 5 heteroatoms. The van der Waals surface area contributed by atoms with Crippen molar-refractivity contribution in [2.75, 3.05) is 5.32 Å². The molecular formula is C10H12N4O. The quantitative estimate of drug-likeness (QED) is 0.779. The van der Waals surface area contributed by atoms with Crippen molar-refractivity contribution in [2.24, 2.45) is 5.92 Å². The second-order valence-electron chi connectivity index (χ2n) is 3.67. The number of rotatable bonds is 2. The van der Waals surface area contributed by atoms with Gasteiger partial charge >= 0.3 is 0 Å². The van der Waals surface area contributed by atoms with Crippen molar-refractivity contribution in [1.29, 1.82) is 0 Å². The number of fused-ring (bicyclic) bond motifs is 1. The van der Waals surface area contributed by atoms with Gasteiger partial charge in [0.1, 0.15) is 5.82 Å². The van der Waals surface area contributed by atoms with Gasteiger partial charge in [0.05, 0.1) is 17.9 Å². The third-order valence-corrected chi connectivity index (χ3v) is 2.10. The van der Waals surface area contributed by atoms with Gasteiger partial charge in [-0.25, -0.2) is 4.98 Å². The Bertz CT molecular complexity index is 489. The van der Waals surface area contributed by atoms with Gasteiger partial charge in [-0.05, 0) is 6.07 Å². The lowest BCUT2D eigenvalue weighted by Crippen LogP contribution is -2.18. The average molecular weight is 204 g/mol. The van der Waals surface area contributed by atoms with Crippen molar-refractivity contribution in [3.8, 4) is 0 Å². The molecule has 2 rings (SSSR count). The fourth-order valence-corrected chi connectivity index (χ4v) is 1.18. The zero-order valence-electron chi connectivity index (χ0n) is 8.61. The molecule has 2 N–H and O–H groups in total. The van der Waals surface area contributed by atoms with E-state index in [4.69, 9.17) is 0 Å². The SMILES string of the molecule is CC(C)C(=O)Nc1cc2cn[nH]c2cn1. The van der Waals surface area contributed by atoms with Gasteiger partial charge in [0.2, 0.25) is 5.91 Å². The van der Waals surface area contributed by atoms with Crippen LogP contribution in [-0.2, 0) is 4.79 Å². The summed E-state index contributed by atoms with van der Waals surface area (Å²) in [7, 11) is 0. The van der Waals surface area contributed by atoms with Gasteiger partial charge in [0.25, 0.3) is 0 Å². The summed E-state index contributed by atoms with van der Waals surface area (Å²) in [6.45, 7) is 3.68. The Morgan fingerprint density at radius 3 is 3.00 bits per heavy atom. The molecule has 0 unspecified atom stereocenters. The lowest BCUT2D eigenvalue weighted by molar-refractivity contribution is -0.118. The number of pyridine rings is 1. The number of carbonyl (C=O) groups excluding carboxylic acids is 1. The summed E-state index contributed by atoms with van der Waals surface area (Å²) in [5.74, 6) is 0.472. The number of carbonyl (C=O) groups is 1. The summed E-state index contributed by atoms with van der Waals surface area (Å²) in [6, 6.07) is 1.79. The molecule has 0 radical (unpaired) electrons. The highest BCUT2D eigenvalue weighted by Crippen LogP contribution is 2.13. The van der Waals surface area contributed by atoms with Crippen LogP contribution in [0.25, 0.3) is 10.9 Å². The zero-order valence-corrected chi connectivity index (χ0v) is 8.61. The fraction of sp³-hybridized carbons (Fsp3) is 0.300. The monoisotopic (exact) mass is 204 g/mol. The van der Waals surface area contributed by atoms with Gasteiger partial charge in [0.15, 0.2) is 0 Å². The molecule has 78 valence electrons. The highest BCUT2D eigenvalue weighted by atomic mass is 16.1. The van der Waals surface area contributed by atoms with Crippen LogP contribution >= 0.6 is 0 Å². The Kier molecular flexibility index (Phi) is 2.37. The van der Waals surface area contributed by atoms with E-state index in [0.717, 1.165) is 10.9 Å². The standard InChI is InChI=1S/C10H12N4O/c1-6(2)10(15)13-9-3-7-4-12-14-8(7)5-11-9/h3-6H,1-2H3,(H,12,14)(H,11,13,15). The third kappa shape index (κ3) is 1.96. The third-order valence-electron chi connectivity index (χ3n) is 2.10. The molecule has 2 aromatic rings. The molecule has 0 bridgehead atoms. The first kappa shape index (κ1) is 9.64. The Labute approximate surface area is 86.9 Å². The minimum Gasteiger partial charge on any atom is -0.310 e. The Morgan fingerprint density at radius 1 is 1.47 bits per heavy atom. The van der Waals surface area contributed by atoms with Crippen molar-refractivity contribution in [3.63, 3.8) is 0 Å². The Balaban J connectivity index is 2.25. The van der Waals surface area contributed by atoms with E-state index in [9.17, 15) is 4.79 Å². The molecule has 2 heterocycles. The molecule has 0 aromatic carbocycles. The molecule has 1 amide bonds. The molecule has 0 aliphatic carbocycles. The smallest absolute Gasteiger partial charge is 0.228 e. The first-order chi connectivity index (χ1) is 7.16. The maximum Gasteiger partial charge on any atom is 0.228 e. The molecule has 2 aromatic heterocycles. The van der Waals surface area contributed by atoms with Gasteiger partial charge in [0, 0.05) is 11.3 Å². The van der Waals surface area contributed by atoms with Crippen LogP contribution in [-0.4, -0.2) is 21.1 Å². The summed E-state index contributed by atoms with van der Waals surface area (Å²) in [5, 5.41) is 10.3. The van der Waals surface area contributed by atoms with Gasteiger partial charge in [-0.15, -0.1) is 0 Å². The van der Waals surface area contributed by atoms with Crippen molar-refractivity contribution in [1.82, 2.24) is 15.2 Å². The van der Waals surface area contributed by atoms with Crippen LogP contribution in [0.2, 0.25) is 0 Å². The van der Waals surface area contributed by atoms with E-state index in [1.54, 1.807) is 18.5 Å². The number of hydrogen-bond donors (Lipinski definition) is 2. The molecule has 5 nitrogen and oxygen atoms in total. The molecule has 15 heavy (non-hydrogen) atoms. The van der Waals surface area contributed by atoms with E-state index in [2.05, 4.69) is 20.5 Å². The van der Waals surface area contributed by atoms with Crippen molar-refractivity contribution in [2.45, 2.75) is 13.8 Å². The number of amides is 1. The number of nitrogens with zero attached hydrogens (tertiary/aromatic N) is 2. The molecule has 0 saturated heterocycles. The number of nitrogens with one attached hydrogen (secondary N) is 2. The van der Waals surface area contributed by atoms with Gasteiger partial charge < -0.3 is 5.32 Å². The number of aromatic nitrogens is 3. The van der Waals surface area contributed by atoms with Crippen molar-refractivity contribution in [3.05, 3.63) is 18.5 Å². The normalized spacial score (nSPS) is 10.9. The van der Waals surface area contributed by atoms with Crippen LogP contribution in [0, 0.1) is 5.92 Å². The lowest BCUT2D eigenvalue weighted by Gasteiger charge is -2.06. The Hall–Kier alpha value is -1.91. The molecule has 0 aliphatic heterocycles. The van der Waals surface area contributed by atoms with E-state index < -0.39 is 0 Å².